The predicted octanol–water partition coefficient (Wildman–Crippen LogP) is 4.87. The molecule has 1 atom stereocenters. The Hall–Kier alpha value is -0.930. The quantitative estimate of drug-likeness (QED) is 0.875. The van der Waals surface area contributed by atoms with Crippen LogP contribution in [0, 0.1) is 0 Å². The van der Waals surface area contributed by atoms with Gasteiger partial charge in [0, 0.05) is 0 Å². The molecule has 2 rings (SSSR count). The molecule has 0 amide bonds. The van der Waals surface area contributed by atoms with Crippen molar-refractivity contribution < 1.29 is 4.42 Å². The third-order valence-electron chi connectivity index (χ3n) is 2.27. The van der Waals surface area contributed by atoms with Gasteiger partial charge in [-0.15, -0.1) is 0 Å². The van der Waals surface area contributed by atoms with Crippen molar-refractivity contribution in [3.05, 3.63) is 51.9 Å². The lowest BCUT2D eigenvalue weighted by Gasteiger charge is -2.13. The van der Waals surface area contributed by atoms with E-state index in [1.165, 1.54) is 0 Å². The number of anilines is 1. The van der Waals surface area contributed by atoms with Crippen molar-refractivity contribution in [3.8, 4) is 0 Å². The molecule has 1 aromatic heterocycles. The van der Waals surface area contributed by atoms with E-state index in [-0.39, 0.29) is 6.04 Å². The summed E-state index contributed by atoms with van der Waals surface area (Å²) in [6.07, 6.45) is 0. The van der Waals surface area contributed by atoms with Gasteiger partial charge in [-0.25, -0.2) is 0 Å². The van der Waals surface area contributed by atoms with E-state index in [0.717, 1.165) is 16.1 Å². The Morgan fingerprint density at radius 3 is 2.62 bits per heavy atom. The molecule has 0 radical (unpaired) electrons. The van der Waals surface area contributed by atoms with Crippen LogP contribution in [0.5, 0.6) is 0 Å². The molecule has 0 bridgehead atoms. The van der Waals surface area contributed by atoms with Crippen molar-refractivity contribution in [1.82, 2.24) is 0 Å². The highest BCUT2D eigenvalue weighted by Crippen LogP contribution is 2.27. The number of furan rings is 1. The van der Waals surface area contributed by atoms with E-state index in [4.69, 9.17) is 16.0 Å². The fourth-order valence-electron chi connectivity index (χ4n) is 1.44. The highest BCUT2D eigenvalue weighted by Gasteiger charge is 2.10. The molecule has 0 saturated carbocycles. The second-order valence-corrected chi connectivity index (χ2v) is 4.68. The number of nitrogens with one attached hydrogen (secondary N) is 1. The van der Waals surface area contributed by atoms with Crippen LogP contribution in [0.25, 0.3) is 0 Å². The standard InChI is InChI=1S/C12H11BrClNO/c1-8(11-6-7-12(13)16-11)15-10-5-3-2-4-9(10)14/h2-8,15H,1H3. The monoisotopic (exact) mass is 299 g/mol. The summed E-state index contributed by atoms with van der Waals surface area (Å²) >= 11 is 9.34. The number of halogens is 2. The second kappa shape index (κ2) is 4.93. The summed E-state index contributed by atoms with van der Waals surface area (Å²) in [7, 11) is 0. The van der Waals surface area contributed by atoms with Crippen LogP contribution >= 0.6 is 27.5 Å². The molecule has 16 heavy (non-hydrogen) atoms. The van der Waals surface area contributed by atoms with Gasteiger partial charge >= 0.3 is 0 Å². The van der Waals surface area contributed by atoms with Gasteiger partial charge in [0.05, 0.1) is 16.8 Å². The number of para-hydroxylation sites is 1. The van der Waals surface area contributed by atoms with Crippen LogP contribution in [0.4, 0.5) is 5.69 Å². The average Bonchev–Trinajstić information content (AvgIpc) is 2.68. The van der Waals surface area contributed by atoms with Gasteiger partial charge in [0.25, 0.3) is 0 Å². The van der Waals surface area contributed by atoms with Crippen molar-refractivity contribution in [2.24, 2.45) is 0 Å². The summed E-state index contributed by atoms with van der Waals surface area (Å²) in [4.78, 5) is 0. The molecule has 84 valence electrons. The Balaban J connectivity index is 2.13. The van der Waals surface area contributed by atoms with Crippen molar-refractivity contribution in [1.29, 1.82) is 0 Å². The van der Waals surface area contributed by atoms with Crippen molar-refractivity contribution in [3.63, 3.8) is 0 Å². The van der Waals surface area contributed by atoms with Gasteiger partial charge < -0.3 is 9.73 Å². The molecular weight excluding hydrogens is 289 g/mol. The largest absolute Gasteiger partial charge is 0.452 e. The highest BCUT2D eigenvalue weighted by molar-refractivity contribution is 9.10. The van der Waals surface area contributed by atoms with Gasteiger partial charge in [0.2, 0.25) is 0 Å². The molecule has 1 aromatic carbocycles. The Kier molecular flexibility index (Phi) is 3.56. The Labute approximate surface area is 108 Å². The van der Waals surface area contributed by atoms with E-state index < -0.39 is 0 Å². The van der Waals surface area contributed by atoms with Crippen LogP contribution in [-0.4, -0.2) is 0 Å². The molecule has 1 heterocycles. The fourth-order valence-corrected chi connectivity index (χ4v) is 1.95. The maximum atomic E-state index is 6.06. The summed E-state index contributed by atoms with van der Waals surface area (Å²) in [5.74, 6) is 0.867. The first-order valence-corrected chi connectivity index (χ1v) is 6.10. The van der Waals surface area contributed by atoms with Crippen LogP contribution in [0.15, 0.2) is 45.5 Å². The zero-order valence-corrected chi connectivity index (χ0v) is 11.0. The van der Waals surface area contributed by atoms with Crippen LogP contribution < -0.4 is 5.32 Å². The normalized spacial score (nSPS) is 12.4. The summed E-state index contributed by atoms with van der Waals surface area (Å²) < 4.78 is 6.20. The van der Waals surface area contributed by atoms with Crippen molar-refractivity contribution >= 4 is 33.2 Å². The van der Waals surface area contributed by atoms with E-state index in [2.05, 4.69) is 21.2 Å². The number of rotatable bonds is 3. The first-order chi connectivity index (χ1) is 7.66. The average molecular weight is 301 g/mol. The van der Waals surface area contributed by atoms with Crippen LogP contribution in [0.1, 0.15) is 18.7 Å². The molecule has 0 fully saturated rings. The minimum absolute atomic E-state index is 0.0752. The summed E-state index contributed by atoms with van der Waals surface area (Å²) in [5, 5.41) is 4.00. The van der Waals surface area contributed by atoms with E-state index in [9.17, 15) is 0 Å². The fraction of sp³-hybridized carbons (Fsp3) is 0.167. The van der Waals surface area contributed by atoms with Crippen molar-refractivity contribution in [2.45, 2.75) is 13.0 Å². The smallest absolute Gasteiger partial charge is 0.169 e. The highest BCUT2D eigenvalue weighted by atomic mass is 79.9. The topological polar surface area (TPSA) is 25.2 Å². The first-order valence-electron chi connectivity index (χ1n) is 4.93. The Morgan fingerprint density at radius 1 is 1.25 bits per heavy atom. The Morgan fingerprint density at radius 2 is 2.00 bits per heavy atom. The van der Waals surface area contributed by atoms with E-state index in [1.807, 2.05) is 43.3 Å². The Bertz CT molecular complexity index is 483. The molecule has 2 nitrogen and oxygen atoms in total. The molecule has 4 heteroatoms. The second-order valence-electron chi connectivity index (χ2n) is 3.49. The molecule has 1 unspecified atom stereocenters. The van der Waals surface area contributed by atoms with Crippen LogP contribution in [0.2, 0.25) is 5.02 Å². The molecule has 0 aliphatic carbocycles. The summed E-state index contributed by atoms with van der Waals surface area (Å²) in [6.45, 7) is 2.02. The molecule has 2 aromatic rings. The minimum atomic E-state index is 0.0752. The zero-order chi connectivity index (χ0) is 11.5. The van der Waals surface area contributed by atoms with E-state index >= 15 is 0 Å². The number of hydrogen-bond acceptors (Lipinski definition) is 2. The van der Waals surface area contributed by atoms with Gasteiger partial charge in [0.15, 0.2) is 4.67 Å². The molecule has 0 spiro atoms. The van der Waals surface area contributed by atoms with E-state index in [1.54, 1.807) is 0 Å². The summed E-state index contributed by atoms with van der Waals surface area (Å²) in [5.41, 5.74) is 0.907. The van der Waals surface area contributed by atoms with Crippen LogP contribution in [0.3, 0.4) is 0 Å². The molecule has 0 saturated heterocycles. The van der Waals surface area contributed by atoms with Gasteiger partial charge in [-0.2, -0.15) is 0 Å². The van der Waals surface area contributed by atoms with Gasteiger partial charge in [0.1, 0.15) is 5.76 Å². The molecule has 1 N–H and O–H groups in total. The zero-order valence-electron chi connectivity index (χ0n) is 8.71. The molecule has 0 aliphatic rings. The summed E-state index contributed by atoms with van der Waals surface area (Å²) in [6, 6.07) is 11.5. The maximum absolute atomic E-state index is 6.06. The molecular formula is C12H11BrClNO. The SMILES string of the molecule is CC(Nc1ccccc1Cl)c1ccc(Br)o1. The minimum Gasteiger partial charge on any atom is -0.452 e. The lowest BCUT2D eigenvalue weighted by molar-refractivity contribution is 0.471. The lowest BCUT2D eigenvalue weighted by atomic mass is 10.2. The maximum Gasteiger partial charge on any atom is 0.169 e. The van der Waals surface area contributed by atoms with Crippen LogP contribution in [-0.2, 0) is 0 Å². The predicted molar refractivity (Wildman–Crippen MR) is 69.9 cm³/mol. The lowest BCUT2D eigenvalue weighted by Crippen LogP contribution is -2.05. The third-order valence-corrected chi connectivity index (χ3v) is 3.02. The van der Waals surface area contributed by atoms with E-state index in [0.29, 0.717) is 5.02 Å². The first kappa shape index (κ1) is 11.6. The van der Waals surface area contributed by atoms with Crippen molar-refractivity contribution in [2.75, 3.05) is 5.32 Å². The molecule has 0 aliphatic heterocycles. The number of hydrogen-bond donors (Lipinski definition) is 1. The number of benzene rings is 1. The van der Waals surface area contributed by atoms with Gasteiger partial charge in [-0.1, -0.05) is 23.7 Å². The van der Waals surface area contributed by atoms with Gasteiger partial charge in [-0.05, 0) is 47.1 Å². The third kappa shape index (κ3) is 2.60. The van der Waals surface area contributed by atoms with Gasteiger partial charge in [-0.3, -0.25) is 0 Å².